The van der Waals surface area contributed by atoms with Crippen LogP contribution in [0, 0.1) is 11.8 Å². The van der Waals surface area contributed by atoms with Crippen LogP contribution in [0.5, 0.6) is 5.75 Å². The molecule has 1 N–H and O–H groups in total. The molecule has 3 aromatic rings. The highest BCUT2D eigenvalue weighted by molar-refractivity contribution is 6.08. The Morgan fingerprint density at radius 3 is 2.29 bits per heavy atom. The van der Waals surface area contributed by atoms with Gasteiger partial charge >= 0.3 is 0 Å². The third-order valence-electron chi connectivity index (χ3n) is 6.59. The van der Waals surface area contributed by atoms with Crippen molar-refractivity contribution in [2.75, 3.05) is 19.1 Å². The molecule has 0 radical (unpaired) electrons. The summed E-state index contributed by atoms with van der Waals surface area (Å²) in [5.41, 5.74) is 3.18. The smallest absolute Gasteiger partial charge is 0.280 e. The van der Waals surface area contributed by atoms with Gasteiger partial charge in [-0.1, -0.05) is 25.0 Å². The number of fused-ring (bicyclic) bond motifs is 2. The maximum Gasteiger partial charge on any atom is 0.280 e. The Morgan fingerprint density at radius 2 is 1.65 bits per heavy atom. The Morgan fingerprint density at radius 1 is 1.00 bits per heavy atom. The number of nitrogens with one attached hydrogen (secondary N) is 1. The minimum Gasteiger partial charge on any atom is -0.497 e. The summed E-state index contributed by atoms with van der Waals surface area (Å²) in [6.07, 6.45) is 3.15. The maximum absolute atomic E-state index is 13.3. The maximum atomic E-state index is 13.3. The number of imide groups is 1. The molecule has 3 amide bonds. The van der Waals surface area contributed by atoms with E-state index in [4.69, 9.17) is 4.74 Å². The molecule has 0 bridgehead atoms. The summed E-state index contributed by atoms with van der Waals surface area (Å²) < 4.78 is 6.27. The number of methoxy groups -OCH3 is 1. The van der Waals surface area contributed by atoms with Crippen molar-refractivity contribution in [3.63, 3.8) is 0 Å². The molecule has 5 rings (SSSR count). The SMILES string of the molecule is COc1ccc(-c2nc3ccccc3c(=O)n2NC(=O)CN2C(=O)[C@H]3CCCC[C@H]3C2=O)cc1. The van der Waals surface area contributed by atoms with Gasteiger partial charge < -0.3 is 4.74 Å². The van der Waals surface area contributed by atoms with Crippen molar-refractivity contribution >= 4 is 28.6 Å². The molecule has 9 heteroatoms. The highest BCUT2D eigenvalue weighted by atomic mass is 16.5. The first kappa shape index (κ1) is 21.8. The molecule has 0 unspecified atom stereocenters. The summed E-state index contributed by atoms with van der Waals surface area (Å²) in [5, 5.41) is 0.333. The molecule has 2 aromatic carbocycles. The highest BCUT2D eigenvalue weighted by Gasteiger charge is 2.48. The number of carbonyl (C=O) groups is 3. The second kappa shape index (κ2) is 8.74. The number of rotatable bonds is 5. The molecule has 1 saturated carbocycles. The number of likely N-dealkylation sites (tertiary alicyclic amines) is 1. The normalized spacial score (nSPS) is 19.9. The van der Waals surface area contributed by atoms with Gasteiger partial charge in [0.25, 0.3) is 11.5 Å². The molecule has 2 aliphatic rings. The molecule has 174 valence electrons. The first-order chi connectivity index (χ1) is 16.5. The van der Waals surface area contributed by atoms with Crippen LogP contribution in [-0.2, 0) is 14.4 Å². The van der Waals surface area contributed by atoms with E-state index in [9.17, 15) is 19.2 Å². The fraction of sp³-hybridized carbons (Fsp3) is 0.320. The van der Waals surface area contributed by atoms with Crippen molar-refractivity contribution in [3.8, 4) is 17.1 Å². The van der Waals surface area contributed by atoms with Crippen molar-refractivity contribution in [3.05, 3.63) is 58.9 Å². The summed E-state index contributed by atoms with van der Waals surface area (Å²) in [4.78, 5) is 57.4. The fourth-order valence-corrected chi connectivity index (χ4v) is 4.86. The van der Waals surface area contributed by atoms with Crippen molar-refractivity contribution in [2.24, 2.45) is 11.8 Å². The molecular formula is C25H24N4O5. The van der Waals surface area contributed by atoms with Crippen molar-refractivity contribution in [1.82, 2.24) is 14.6 Å². The first-order valence-corrected chi connectivity index (χ1v) is 11.3. The van der Waals surface area contributed by atoms with E-state index in [0.717, 1.165) is 22.4 Å². The minimum atomic E-state index is -0.644. The molecule has 2 atom stereocenters. The van der Waals surface area contributed by atoms with Crippen molar-refractivity contribution < 1.29 is 19.1 Å². The van der Waals surface area contributed by atoms with E-state index < -0.39 is 18.0 Å². The van der Waals surface area contributed by atoms with Crippen LogP contribution in [0.15, 0.2) is 53.3 Å². The quantitative estimate of drug-likeness (QED) is 0.585. The van der Waals surface area contributed by atoms with Gasteiger partial charge in [-0.15, -0.1) is 0 Å². The van der Waals surface area contributed by atoms with Crippen LogP contribution in [0.2, 0.25) is 0 Å². The average molecular weight is 460 g/mol. The van der Waals surface area contributed by atoms with Gasteiger partial charge in [-0.3, -0.25) is 29.5 Å². The first-order valence-electron chi connectivity index (χ1n) is 11.3. The summed E-state index contributed by atoms with van der Waals surface area (Å²) >= 11 is 0. The molecule has 1 aromatic heterocycles. The zero-order valence-electron chi connectivity index (χ0n) is 18.7. The number of amides is 3. The van der Waals surface area contributed by atoms with Gasteiger partial charge in [0.15, 0.2) is 5.82 Å². The topological polar surface area (TPSA) is 111 Å². The molecular weight excluding hydrogens is 436 g/mol. The molecule has 9 nitrogen and oxygen atoms in total. The second-order valence-electron chi connectivity index (χ2n) is 8.62. The fourth-order valence-electron chi connectivity index (χ4n) is 4.86. The van der Waals surface area contributed by atoms with E-state index in [2.05, 4.69) is 10.4 Å². The lowest BCUT2D eigenvalue weighted by Gasteiger charge is -2.19. The minimum absolute atomic E-state index is 0.229. The Balaban J connectivity index is 1.48. The van der Waals surface area contributed by atoms with E-state index in [1.807, 2.05) is 0 Å². The van der Waals surface area contributed by atoms with Crippen LogP contribution < -0.4 is 15.7 Å². The van der Waals surface area contributed by atoms with Gasteiger partial charge in [-0.05, 0) is 49.2 Å². The predicted octanol–water partition coefficient (Wildman–Crippen LogP) is 2.32. The number of carbonyl (C=O) groups excluding carboxylic acids is 3. The molecule has 0 spiro atoms. The average Bonchev–Trinajstić information content (AvgIpc) is 3.10. The molecule has 1 saturated heterocycles. The summed E-state index contributed by atoms with van der Waals surface area (Å²) in [6.45, 7) is -0.439. The monoisotopic (exact) mass is 460 g/mol. The number of benzene rings is 2. The molecule has 34 heavy (non-hydrogen) atoms. The van der Waals surface area contributed by atoms with Crippen molar-refractivity contribution in [1.29, 1.82) is 0 Å². The van der Waals surface area contributed by atoms with E-state index in [1.165, 1.54) is 0 Å². The number of aromatic nitrogens is 2. The van der Waals surface area contributed by atoms with Crippen molar-refractivity contribution in [2.45, 2.75) is 25.7 Å². The van der Waals surface area contributed by atoms with E-state index in [1.54, 1.807) is 55.6 Å². The van der Waals surface area contributed by atoms with Gasteiger partial charge in [-0.2, -0.15) is 4.68 Å². The van der Waals surface area contributed by atoms with E-state index in [0.29, 0.717) is 35.1 Å². The molecule has 1 aliphatic heterocycles. The molecule has 2 heterocycles. The zero-order valence-corrected chi connectivity index (χ0v) is 18.7. The van der Waals surface area contributed by atoms with E-state index >= 15 is 0 Å². The number of hydrogen-bond acceptors (Lipinski definition) is 6. The van der Waals surface area contributed by atoms with Crippen LogP contribution >= 0.6 is 0 Å². The Kier molecular flexibility index (Phi) is 5.61. The number of ether oxygens (including phenoxy) is 1. The van der Waals surface area contributed by atoms with Crippen LogP contribution in [0.4, 0.5) is 0 Å². The highest BCUT2D eigenvalue weighted by Crippen LogP contribution is 2.37. The Labute approximate surface area is 195 Å². The van der Waals surface area contributed by atoms with Gasteiger partial charge in [-0.25, -0.2) is 4.98 Å². The molecule has 1 aliphatic carbocycles. The third-order valence-corrected chi connectivity index (χ3v) is 6.59. The molecule has 2 fully saturated rings. The lowest BCUT2D eigenvalue weighted by molar-refractivity contribution is -0.142. The van der Waals surface area contributed by atoms with Crippen LogP contribution in [0.25, 0.3) is 22.3 Å². The number of hydrogen-bond donors (Lipinski definition) is 1. The van der Waals surface area contributed by atoms with Crippen LogP contribution in [-0.4, -0.2) is 45.9 Å². The van der Waals surface area contributed by atoms with Crippen LogP contribution in [0.3, 0.4) is 0 Å². The Bertz CT molecular complexity index is 1320. The lowest BCUT2D eigenvalue weighted by atomic mass is 9.81. The van der Waals surface area contributed by atoms with Gasteiger partial charge in [0, 0.05) is 5.56 Å². The predicted molar refractivity (Wildman–Crippen MR) is 125 cm³/mol. The standard InChI is InChI=1S/C25H24N4O5/c1-34-16-12-10-15(11-13-16)22-26-20-9-5-4-8-19(20)25(33)29(22)27-21(30)14-28-23(31)17-6-2-3-7-18(17)24(28)32/h4-5,8-13,17-18H,2-3,6-7,14H2,1H3,(H,27,30)/t17-,18+. The number of nitrogens with zero attached hydrogens (tertiary/aromatic N) is 3. The third kappa shape index (κ3) is 3.72. The van der Waals surface area contributed by atoms with Crippen LogP contribution in [0.1, 0.15) is 25.7 Å². The van der Waals surface area contributed by atoms with E-state index in [-0.39, 0.29) is 29.5 Å². The zero-order chi connectivity index (χ0) is 23.8. The summed E-state index contributed by atoms with van der Waals surface area (Å²) in [5.74, 6) is -1.06. The van der Waals surface area contributed by atoms with Gasteiger partial charge in [0.2, 0.25) is 11.8 Å². The largest absolute Gasteiger partial charge is 0.497 e. The lowest BCUT2D eigenvalue weighted by Crippen LogP contribution is -2.43. The van der Waals surface area contributed by atoms with Gasteiger partial charge in [0.1, 0.15) is 12.3 Å². The van der Waals surface area contributed by atoms with Gasteiger partial charge in [0.05, 0.1) is 29.8 Å². The summed E-state index contributed by atoms with van der Waals surface area (Å²) in [7, 11) is 1.55. The second-order valence-corrected chi connectivity index (χ2v) is 8.62. The summed E-state index contributed by atoms with van der Waals surface area (Å²) in [6, 6.07) is 13.8. The Hall–Kier alpha value is -4.01. The number of para-hydroxylation sites is 1.